The molecule has 0 unspecified atom stereocenters. The predicted molar refractivity (Wildman–Crippen MR) is 74.0 cm³/mol. The number of para-hydroxylation sites is 1. The summed E-state index contributed by atoms with van der Waals surface area (Å²) in [7, 11) is 0. The molecular weight excluding hydrogens is 241 g/mol. The van der Waals surface area contributed by atoms with Crippen molar-refractivity contribution < 1.29 is 4.39 Å². The third kappa shape index (κ3) is 2.38. The Balaban J connectivity index is 1.97. The third-order valence-electron chi connectivity index (χ3n) is 2.85. The minimum absolute atomic E-state index is 0.316. The second-order valence-corrected chi connectivity index (χ2v) is 4.32. The second-order valence-electron chi connectivity index (χ2n) is 4.32. The Kier molecular flexibility index (Phi) is 2.83. The molecule has 3 nitrogen and oxygen atoms in total. The normalized spacial score (nSPS) is 10.6. The molecule has 0 saturated heterocycles. The quantitative estimate of drug-likeness (QED) is 0.754. The van der Waals surface area contributed by atoms with Gasteiger partial charge in [0.2, 0.25) is 0 Å². The molecule has 0 aliphatic carbocycles. The van der Waals surface area contributed by atoms with Crippen LogP contribution in [0.25, 0.3) is 10.9 Å². The van der Waals surface area contributed by atoms with Gasteiger partial charge in [0.05, 0.1) is 11.9 Å². The van der Waals surface area contributed by atoms with Gasteiger partial charge in [-0.1, -0.05) is 12.1 Å². The summed E-state index contributed by atoms with van der Waals surface area (Å²) in [6.07, 6.45) is 1.72. The van der Waals surface area contributed by atoms with E-state index in [0.717, 1.165) is 16.8 Å². The SMILES string of the molecule is Cc1ccc(Nc2ccc3cccc(F)c3n2)cn1. The number of hydrogen-bond acceptors (Lipinski definition) is 3. The molecule has 19 heavy (non-hydrogen) atoms. The minimum atomic E-state index is -0.316. The summed E-state index contributed by atoms with van der Waals surface area (Å²) in [5.74, 6) is 0.284. The van der Waals surface area contributed by atoms with Crippen LogP contribution in [-0.4, -0.2) is 9.97 Å². The zero-order valence-electron chi connectivity index (χ0n) is 10.4. The van der Waals surface area contributed by atoms with E-state index >= 15 is 0 Å². The molecular formula is C15H12FN3. The van der Waals surface area contributed by atoms with Crippen LogP contribution in [0, 0.1) is 12.7 Å². The molecule has 0 aliphatic heterocycles. The molecule has 1 aromatic carbocycles. The maximum atomic E-state index is 13.7. The number of anilines is 2. The molecule has 3 aromatic rings. The highest BCUT2D eigenvalue weighted by atomic mass is 19.1. The van der Waals surface area contributed by atoms with E-state index in [4.69, 9.17) is 0 Å². The van der Waals surface area contributed by atoms with Crippen LogP contribution in [0.3, 0.4) is 0 Å². The third-order valence-corrected chi connectivity index (χ3v) is 2.85. The largest absolute Gasteiger partial charge is 0.339 e. The molecule has 0 atom stereocenters. The number of halogens is 1. The molecule has 0 radical (unpaired) electrons. The van der Waals surface area contributed by atoms with Crippen LogP contribution in [0.15, 0.2) is 48.7 Å². The topological polar surface area (TPSA) is 37.8 Å². The Labute approximate surface area is 110 Å². The van der Waals surface area contributed by atoms with E-state index in [1.807, 2.05) is 37.3 Å². The van der Waals surface area contributed by atoms with E-state index in [9.17, 15) is 4.39 Å². The van der Waals surface area contributed by atoms with Crippen molar-refractivity contribution in [3.63, 3.8) is 0 Å². The lowest BCUT2D eigenvalue weighted by Crippen LogP contribution is -1.95. The van der Waals surface area contributed by atoms with Crippen molar-refractivity contribution >= 4 is 22.4 Å². The van der Waals surface area contributed by atoms with Crippen LogP contribution < -0.4 is 5.32 Å². The number of aromatic nitrogens is 2. The van der Waals surface area contributed by atoms with E-state index < -0.39 is 0 Å². The molecule has 0 saturated carbocycles. The number of fused-ring (bicyclic) bond motifs is 1. The highest BCUT2D eigenvalue weighted by Gasteiger charge is 2.03. The van der Waals surface area contributed by atoms with Gasteiger partial charge in [-0.25, -0.2) is 9.37 Å². The van der Waals surface area contributed by atoms with E-state index in [0.29, 0.717) is 11.3 Å². The average molecular weight is 253 g/mol. The smallest absolute Gasteiger partial charge is 0.149 e. The van der Waals surface area contributed by atoms with Crippen molar-refractivity contribution in [2.45, 2.75) is 6.92 Å². The van der Waals surface area contributed by atoms with Crippen molar-refractivity contribution in [1.29, 1.82) is 0 Å². The average Bonchev–Trinajstić information content (AvgIpc) is 2.42. The lowest BCUT2D eigenvalue weighted by molar-refractivity contribution is 0.637. The fourth-order valence-corrected chi connectivity index (χ4v) is 1.87. The monoisotopic (exact) mass is 253 g/mol. The molecule has 3 rings (SSSR count). The number of nitrogens with one attached hydrogen (secondary N) is 1. The highest BCUT2D eigenvalue weighted by Crippen LogP contribution is 2.20. The van der Waals surface area contributed by atoms with Gasteiger partial charge in [0.15, 0.2) is 0 Å². The fourth-order valence-electron chi connectivity index (χ4n) is 1.87. The number of nitrogens with zero attached hydrogens (tertiary/aromatic N) is 2. The summed E-state index contributed by atoms with van der Waals surface area (Å²) in [4.78, 5) is 8.47. The molecule has 2 aromatic heterocycles. The first-order chi connectivity index (χ1) is 9.22. The van der Waals surface area contributed by atoms with Gasteiger partial charge in [-0.3, -0.25) is 4.98 Å². The second kappa shape index (κ2) is 4.65. The van der Waals surface area contributed by atoms with Gasteiger partial charge < -0.3 is 5.32 Å². The molecule has 0 spiro atoms. The Morgan fingerprint density at radius 2 is 1.95 bits per heavy atom. The molecule has 94 valence electrons. The molecule has 0 fully saturated rings. The zero-order valence-corrected chi connectivity index (χ0v) is 10.4. The molecule has 4 heteroatoms. The summed E-state index contributed by atoms with van der Waals surface area (Å²) < 4.78 is 13.7. The fraction of sp³-hybridized carbons (Fsp3) is 0.0667. The van der Waals surface area contributed by atoms with E-state index in [1.165, 1.54) is 6.07 Å². The van der Waals surface area contributed by atoms with Crippen molar-refractivity contribution in [3.05, 3.63) is 60.2 Å². The molecule has 2 heterocycles. The van der Waals surface area contributed by atoms with Gasteiger partial charge in [0, 0.05) is 11.1 Å². The summed E-state index contributed by atoms with van der Waals surface area (Å²) in [5.41, 5.74) is 2.14. The number of aryl methyl sites for hydroxylation is 1. The number of benzene rings is 1. The summed E-state index contributed by atoms with van der Waals surface area (Å²) in [6, 6.07) is 12.4. The number of hydrogen-bond donors (Lipinski definition) is 1. The van der Waals surface area contributed by atoms with Crippen LogP contribution in [-0.2, 0) is 0 Å². The molecule has 0 amide bonds. The van der Waals surface area contributed by atoms with Gasteiger partial charge in [-0.15, -0.1) is 0 Å². The lowest BCUT2D eigenvalue weighted by atomic mass is 10.2. The number of rotatable bonds is 2. The molecule has 0 aliphatic rings. The first kappa shape index (κ1) is 11.6. The molecule has 0 bridgehead atoms. The van der Waals surface area contributed by atoms with Gasteiger partial charge in [-0.05, 0) is 37.3 Å². The summed E-state index contributed by atoms with van der Waals surface area (Å²) in [6.45, 7) is 1.92. The minimum Gasteiger partial charge on any atom is -0.339 e. The summed E-state index contributed by atoms with van der Waals surface area (Å²) in [5, 5.41) is 3.90. The van der Waals surface area contributed by atoms with Gasteiger partial charge in [-0.2, -0.15) is 0 Å². The first-order valence-electron chi connectivity index (χ1n) is 5.97. The maximum absolute atomic E-state index is 13.7. The van der Waals surface area contributed by atoms with Crippen molar-refractivity contribution in [1.82, 2.24) is 9.97 Å². The van der Waals surface area contributed by atoms with Gasteiger partial charge in [0.1, 0.15) is 17.2 Å². The Hall–Kier alpha value is -2.49. The molecule has 1 N–H and O–H groups in total. The van der Waals surface area contributed by atoms with Crippen molar-refractivity contribution in [2.75, 3.05) is 5.32 Å². The van der Waals surface area contributed by atoms with Crippen LogP contribution in [0.2, 0.25) is 0 Å². The Bertz CT molecular complexity index is 723. The maximum Gasteiger partial charge on any atom is 0.149 e. The van der Waals surface area contributed by atoms with E-state index in [-0.39, 0.29) is 5.82 Å². The van der Waals surface area contributed by atoms with Gasteiger partial charge >= 0.3 is 0 Å². The lowest BCUT2D eigenvalue weighted by Gasteiger charge is -2.07. The number of pyridine rings is 2. The van der Waals surface area contributed by atoms with Gasteiger partial charge in [0.25, 0.3) is 0 Å². The summed E-state index contributed by atoms with van der Waals surface area (Å²) >= 11 is 0. The Morgan fingerprint density at radius 3 is 2.74 bits per heavy atom. The van der Waals surface area contributed by atoms with Crippen LogP contribution >= 0.6 is 0 Å². The van der Waals surface area contributed by atoms with Crippen molar-refractivity contribution in [3.8, 4) is 0 Å². The van der Waals surface area contributed by atoms with E-state index in [2.05, 4.69) is 15.3 Å². The standard InChI is InChI=1S/C15H12FN3/c1-10-5-7-12(9-17-10)18-14-8-6-11-3-2-4-13(16)15(11)19-14/h2-9H,1H3,(H,18,19). The zero-order chi connectivity index (χ0) is 13.2. The van der Waals surface area contributed by atoms with Crippen LogP contribution in [0.1, 0.15) is 5.69 Å². The predicted octanol–water partition coefficient (Wildman–Crippen LogP) is 3.82. The highest BCUT2D eigenvalue weighted by molar-refractivity contribution is 5.81. The first-order valence-corrected chi connectivity index (χ1v) is 5.97. The van der Waals surface area contributed by atoms with Crippen LogP contribution in [0.5, 0.6) is 0 Å². The Morgan fingerprint density at radius 1 is 1.05 bits per heavy atom. The van der Waals surface area contributed by atoms with E-state index in [1.54, 1.807) is 12.3 Å². The van der Waals surface area contributed by atoms with Crippen molar-refractivity contribution in [2.24, 2.45) is 0 Å². The van der Waals surface area contributed by atoms with Crippen LogP contribution in [0.4, 0.5) is 15.9 Å².